The Kier molecular flexibility index (Phi) is 7.55. The van der Waals surface area contributed by atoms with E-state index in [0.29, 0.717) is 6.54 Å². The van der Waals surface area contributed by atoms with Gasteiger partial charge in [0.15, 0.2) is 0 Å². The Morgan fingerprint density at radius 2 is 1.71 bits per heavy atom. The lowest BCUT2D eigenvalue weighted by Crippen LogP contribution is -2.25. The monoisotopic (exact) mass is 458 g/mol. The van der Waals surface area contributed by atoms with Crippen molar-refractivity contribution < 1.29 is 17.9 Å². The number of rotatable bonds is 9. The fraction of sp³-hybridized carbons (Fsp3) is 0.174. The second-order valence-electron chi connectivity index (χ2n) is 6.82. The Morgan fingerprint density at radius 1 is 1.00 bits per heavy atom. The van der Waals surface area contributed by atoms with Crippen LogP contribution in [0, 0.1) is 0 Å². The van der Waals surface area contributed by atoms with E-state index in [1.54, 1.807) is 25.3 Å². The lowest BCUT2D eigenvalue weighted by Gasteiger charge is -2.11. The minimum absolute atomic E-state index is 0.134. The molecule has 0 fully saturated rings. The van der Waals surface area contributed by atoms with Gasteiger partial charge in [0.05, 0.1) is 22.6 Å². The molecule has 0 radical (unpaired) electrons. The number of halogens is 1. The standard InChI is InChI=1S/C23H23ClN2O4S/c1-30-19-12-9-17(10-13-19)6-5-15-25-23(27)21-16-18(11-14-22(21)24)26-31(28,29)20-7-3-2-4-8-20/h2-4,7-14,16,26H,5-6,15H2,1H3,(H,25,27). The van der Waals surface area contributed by atoms with Crippen molar-refractivity contribution in [1.29, 1.82) is 0 Å². The van der Waals surface area contributed by atoms with E-state index in [-0.39, 0.29) is 27.1 Å². The van der Waals surface area contributed by atoms with Gasteiger partial charge in [-0.2, -0.15) is 0 Å². The second-order valence-corrected chi connectivity index (χ2v) is 8.91. The number of carbonyl (C=O) groups excluding carboxylic acids is 1. The number of hydrogen-bond acceptors (Lipinski definition) is 4. The van der Waals surface area contributed by atoms with Crippen LogP contribution < -0.4 is 14.8 Å². The molecule has 0 saturated carbocycles. The van der Waals surface area contributed by atoms with Crippen LogP contribution in [0.15, 0.2) is 77.7 Å². The predicted molar refractivity (Wildman–Crippen MR) is 122 cm³/mol. The number of carbonyl (C=O) groups is 1. The Balaban J connectivity index is 1.59. The number of ether oxygens (including phenoxy) is 1. The van der Waals surface area contributed by atoms with E-state index in [2.05, 4.69) is 10.0 Å². The minimum atomic E-state index is -3.76. The van der Waals surface area contributed by atoms with Gasteiger partial charge in [0.25, 0.3) is 15.9 Å². The molecule has 0 aromatic heterocycles. The molecule has 0 atom stereocenters. The third kappa shape index (κ3) is 6.23. The number of amides is 1. The van der Waals surface area contributed by atoms with E-state index in [4.69, 9.17) is 16.3 Å². The van der Waals surface area contributed by atoms with Gasteiger partial charge in [0.2, 0.25) is 0 Å². The van der Waals surface area contributed by atoms with Crippen molar-refractivity contribution in [2.24, 2.45) is 0 Å². The number of hydrogen-bond donors (Lipinski definition) is 2. The maximum Gasteiger partial charge on any atom is 0.261 e. The zero-order valence-electron chi connectivity index (χ0n) is 17.0. The summed E-state index contributed by atoms with van der Waals surface area (Å²) in [5.74, 6) is 0.440. The summed E-state index contributed by atoms with van der Waals surface area (Å²) in [5.41, 5.74) is 1.61. The number of nitrogens with one attached hydrogen (secondary N) is 2. The molecule has 0 unspecified atom stereocenters. The van der Waals surface area contributed by atoms with Crippen molar-refractivity contribution in [1.82, 2.24) is 5.32 Å². The minimum Gasteiger partial charge on any atom is -0.497 e. The maximum atomic E-state index is 12.6. The molecule has 0 aliphatic heterocycles. The summed E-state index contributed by atoms with van der Waals surface area (Å²) in [5, 5.41) is 3.07. The molecule has 0 aliphatic carbocycles. The smallest absolute Gasteiger partial charge is 0.261 e. The van der Waals surface area contributed by atoms with Crippen LogP contribution in [0.5, 0.6) is 5.75 Å². The first-order valence-corrected chi connectivity index (χ1v) is 11.5. The van der Waals surface area contributed by atoms with E-state index in [9.17, 15) is 13.2 Å². The Labute approximate surface area is 187 Å². The van der Waals surface area contributed by atoms with E-state index < -0.39 is 10.0 Å². The van der Waals surface area contributed by atoms with Crippen LogP contribution >= 0.6 is 11.6 Å². The van der Waals surface area contributed by atoms with Crippen LogP contribution in [0.3, 0.4) is 0 Å². The Bertz CT molecular complexity index is 1130. The molecule has 1 amide bonds. The topological polar surface area (TPSA) is 84.5 Å². The SMILES string of the molecule is COc1ccc(CCCNC(=O)c2cc(NS(=O)(=O)c3ccccc3)ccc2Cl)cc1. The number of benzene rings is 3. The quantitative estimate of drug-likeness (QED) is 0.462. The normalized spacial score (nSPS) is 11.0. The molecular weight excluding hydrogens is 436 g/mol. The molecule has 0 aliphatic rings. The van der Waals surface area contributed by atoms with Crippen LogP contribution in [-0.2, 0) is 16.4 Å². The first-order chi connectivity index (χ1) is 14.9. The van der Waals surface area contributed by atoms with Crippen LogP contribution in [0.1, 0.15) is 22.3 Å². The molecule has 3 rings (SSSR count). The van der Waals surface area contributed by atoms with E-state index in [1.165, 1.54) is 30.3 Å². The highest BCUT2D eigenvalue weighted by molar-refractivity contribution is 7.92. The van der Waals surface area contributed by atoms with Gasteiger partial charge in [-0.25, -0.2) is 8.42 Å². The summed E-state index contributed by atoms with van der Waals surface area (Å²) < 4.78 is 32.6. The first kappa shape index (κ1) is 22.7. The van der Waals surface area contributed by atoms with Crippen molar-refractivity contribution in [2.45, 2.75) is 17.7 Å². The number of aryl methyl sites for hydroxylation is 1. The van der Waals surface area contributed by atoms with Crippen molar-refractivity contribution in [3.05, 3.63) is 88.9 Å². The average Bonchev–Trinajstić information content (AvgIpc) is 2.78. The van der Waals surface area contributed by atoms with Gasteiger partial charge in [-0.3, -0.25) is 9.52 Å². The average molecular weight is 459 g/mol. The van der Waals surface area contributed by atoms with Gasteiger partial charge < -0.3 is 10.1 Å². The van der Waals surface area contributed by atoms with Crippen molar-refractivity contribution in [3.8, 4) is 5.75 Å². The molecule has 162 valence electrons. The second kappa shape index (κ2) is 10.3. The van der Waals surface area contributed by atoms with E-state index in [0.717, 1.165) is 24.2 Å². The summed E-state index contributed by atoms with van der Waals surface area (Å²) in [6.07, 6.45) is 1.55. The fourth-order valence-electron chi connectivity index (χ4n) is 2.96. The molecule has 3 aromatic rings. The van der Waals surface area contributed by atoms with Gasteiger partial charge in [-0.1, -0.05) is 41.9 Å². The molecule has 2 N–H and O–H groups in total. The van der Waals surface area contributed by atoms with Crippen LogP contribution in [0.4, 0.5) is 5.69 Å². The molecule has 0 spiro atoms. The zero-order valence-corrected chi connectivity index (χ0v) is 18.5. The molecular formula is C23H23ClN2O4S. The van der Waals surface area contributed by atoms with Crippen LogP contribution in [0.2, 0.25) is 5.02 Å². The number of methoxy groups -OCH3 is 1. The first-order valence-electron chi connectivity index (χ1n) is 9.67. The van der Waals surface area contributed by atoms with E-state index in [1.807, 2.05) is 24.3 Å². The molecule has 0 heterocycles. The number of sulfonamides is 1. The lowest BCUT2D eigenvalue weighted by molar-refractivity contribution is 0.0953. The Morgan fingerprint density at radius 3 is 2.39 bits per heavy atom. The van der Waals surface area contributed by atoms with Crippen molar-refractivity contribution in [2.75, 3.05) is 18.4 Å². The molecule has 3 aromatic carbocycles. The van der Waals surface area contributed by atoms with Gasteiger partial charge in [-0.05, 0) is 60.9 Å². The summed E-state index contributed by atoms with van der Waals surface area (Å²) in [6, 6.07) is 20.2. The predicted octanol–water partition coefficient (Wildman–Crippen LogP) is 4.51. The highest BCUT2D eigenvalue weighted by atomic mass is 35.5. The molecule has 0 bridgehead atoms. The summed E-state index contributed by atoms with van der Waals surface area (Å²) >= 11 is 6.17. The van der Waals surface area contributed by atoms with Gasteiger partial charge in [0.1, 0.15) is 5.75 Å². The summed E-state index contributed by atoms with van der Waals surface area (Å²) in [6.45, 7) is 0.459. The Hall–Kier alpha value is -3.03. The van der Waals surface area contributed by atoms with E-state index >= 15 is 0 Å². The zero-order chi connectivity index (χ0) is 22.3. The van der Waals surface area contributed by atoms with Gasteiger partial charge >= 0.3 is 0 Å². The van der Waals surface area contributed by atoms with Crippen LogP contribution in [-0.4, -0.2) is 28.0 Å². The molecule has 0 saturated heterocycles. The molecule has 31 heavy (non-hydrogen) atoms. The lowest BCUT2D eigenvalue weighted by atomic mass is 10.1. The molecule has 6 nitrogen and oxygen atoms in total. The largest absolute Gasteiger partial charge is 0.497 e. The third-order valence-electron chi connectivity index (χ3n) is 4.60. The van der Waals surface area contributed by atoms with Gasteiger partial charge in [0, 0.05) is 12.2 Å². The fourth-order valence-corrected chi connectivity index (χ4v) is 4.23. The highest BCUT2D eigenvalue weighted by Crippen LogP contribution is 2.23. The highest BCUT2D eigenvalue weighted by Gasteiger charge is 2.16. The third-order valence-corrected chi connectivity index (χ3v) is 6.33. The molecule has 8 heteroatoms. The maximum absolute atomic E-state index is 12.6. The number of anilines is 1. The van der Waals surface area contributed by atoms with Gasteiger partial charge in [-0.15, -0.1) is 0 Å². The summed E-state index contributed by atoms with van der Waals surface area (Å²) in [4.78, 5) is 12.7. The summed E-state index contributed by atoms with van der Waals surface area (Å²) in [7, 11) is -2.14. The van der Waals surface area contributed by atoms with Crippen molar-refractivity contribution in [3.63, 3.8) is 0 Å². The van der Waals surface area contributed by atoms with Crippen LogP contribution in [0.25, 0.3) is 0 Å². The van der Waals surface area contributed by atoms with Crippen molar-refractivity contribution >= 4 is 33.2 Å².